The van der Waals surface area contributed by atoms with Gasteiger partial charge in [-0.2, -0.15) is 4.98 Å². The number of rotatable bonds is 6. The van der Waals surface area contributed by atoms with Gasteiger partial charge >= 0.3 is 0 Å². The molecule has 8 nitrogen and oxygen atoms in total. The summed E-state index contributed by atoms with van der Waals surface area (Å²) in [6, 6.07) is 9.47. The summed E-state index contributed by atoms with van der Waals surface area (Å²) in [5.74, 6) is 0.949. The molecule has 0 fully saturated rings. The first-order valence-electron chi connectivity index (χ1n) is 9.09. The normalized spacial score (nSPS) is 11.1. The Kier molecular flexibility index (Phi) is 5.54. The zero-order valence-corrected chi connectivity index (χ0v) is 17.8. The highest BCUT2D eigenvalue weighted by atomic mass is 32.2. The van der Waals surface area contributed by atoms with Gasteiger partial charge in [-0.3, -0.25) is 10.1 Å². The van der Waals surface area contributed by atoms with Crippen molar-refractivity contribution in [1.29, 1.82) is 0 Å². The van der Waals surface area contributed by atoms with Crippen LogP contribution in [0, 0.1) is 13.8 Å². The molecule has 0 spiro atoms. The van der Waals surface area contributed by atoms with Crippen LogP contribution in [-0.2, 0) is 12.2 Å². The first kappa shape index (κ1) is 19.5. The number of thioether (sulfide) groups is 1. The van der Waals surface area contributed by atoms with Crippen LogP contribution >= 0.6 is 23.1 Å². The number of nitrogens with zero attached hydrogens (tertiary/aromatic N) is 6. The van der Waals surface area contributed by atoms with Crippen molar-refractivity contribution in [2.75, 3.05) is 5.32 Å². The van der Waals surface area contributed by atoms with Gasteiger partial charge in [0.05, 0.1) is 0 Å². The molecule has 10 heteroatoms. The van der Waals surface area contributed by atoms with E-state index in [1.54, 1.807) is 10.6 Å². The highest BCUT2D eigenvalue weighted by molar-refractivity contribution is 7.98. The van der Waals surface area contributed by atoms with Crippen LogP contribution in [0.1, 0.15) is 39.2 Å². The molecule has 1 N–H and O–H groups in total. The van der Waals surface area contributed by atoms with Gasteiger partial charge in [0.25, 0.3) is 11.7 Å². The van der Waals surface area contributed by atoms with Crippen LogP contribution in [0.25, 0.3) is 5.78 Å². The van der Waals surface area contributed by atoms with Gasteiger partial charge in [0.1, 0.15) is 5.01 Å². The summed E-state index contributed by atoms with van der Waals surface area (Å²) in [6.45, 7) is 5.91. The average Bonchev–Trinajstić information content (AvgIpc) is 3.33. The first-order chi connectivity index (χ1) is 14.0. The summed E-state index contributed by atoms with van der Waals surface area (Å²) in [5.41, 5.74) is 3.39. The minimum atomic E-state index is -0.198. The minimum Gasteiger partial charge on any atom is -0.296 e. The Labute approximate surface area is 175 Å². The number of amides is 1. The Balaban J connectivity index is 1.51. The molecule has 4 rings (SSSR count). The van der Waals surface area contributed by atoms with Crippen LogP contribution in [0.2, 0.25) is 0 Å². The van der Waals surface area contributed by atoms with Crippen molar-refractivity contribution in [2.24, 2.45) is 0 Å². The Morgan fingerprint density at radius 1 is 1.21 bits per heavy atom. The van der Waals surface area contributed by atoms with Gasteiger partial charge in [-0.1, -0.05) is 48.2 Å². The second-order valence-corrected chi connectivity index (χ2v) is 8.40. The fourth-order valence-electron chi connectivity index (χ4n) is 2.83. The van der Waals surface area contributed by atoms with E-state index in [-0.39, 0.29) is 5.91 Å². The molecule has 29 heavy (non-hydrogen) atoms. The fraction of sp³-hybridized carbons (Fsp3) is 0.263. The number of aryl methyl sites for hydroxylation is 3. The molecule has 0 saturated heterocycles. The maximum absolute atomic E-state index is 12.7. The first-order valence-corrected chi connectivity index (χ1v) is 10.9. The predicted octanol–water partition coefficient (Wildman–Crippen LogP) is 3.70. The maximum atomic E-state index is 12.7. The number of hydrogen-bond acceptors (Lipinski definition) is 8. The highest BCUT2D eigenvalue weighted by Crippen LogP contribution is 2.24. The van der Waals surface area contributed by atoms with Gasteiger partial charge in [0.15, 0.2) is 0 Å². The highest BCUT2D eigenvalue weighted by Gasteiger charge is 2.15. The molecule has 0 unspecified atom stereocenters. The van der Waals surface area contributed by atoms with E-state index in [0.29, 0.717) is 27.4 Å². The minimum absolute atomic E-state index is 0.198. The number of fused-ring (bicyclic) bond motifs is 1. The van der Waals surface area contributed by atoms with Crippen molar-refractivity contribution in [1.82, 2.24) is 29.8 Å². The summed E-state index contributed by atoms with van der Waals surface area (Å²) < 4.78 is 1.73. The zero-order valence-electron chi connectivity index (χ0n) is 16.2. The third-order valence-corrected chi connectivity index (χ3v) is 6.08. The van der Waals surface area contributed by atoms with Crippen molar-refractivity contribution in [3.8, 4) is 0 Å². The van der Waals surface area contributed by atoms with Crippen molar-refractivity contribution in [2.45, 2.75) is 38.1 Å². The van der Waals surface area contributed by atoms with E-state index in [1.807, 2.05) is 45.0 Å². The fourth-order valence-corrected chi connectivity index (χ4v) is 4.33. The lowest BCUT2D eigenvalue weighted by Crippen LogP contribution is -2.13. The van der Waals surface area contributed by atoms with Gasteiger partial charge in [-0.05, 0) is 38.0 Å². The molecule has 0 bridgehead atoms. The number of hydrogen-bond donors (Lipinski definition) is 1. The van der Waals surface area contributed by atoms with E-state index in [9.17, 15) is 4.79 Å². The molecule has 3 aromatic heterocycles. The Morgan fingerprint density at radius 3 is 2.83 bits per heavy atom. The number of aromatic nitrogens is 6. The van der Waals surface area contributed by atoms with Crippen LogP contribution in [0.15, 0.2) is 35.5 Å². The van der Waals surface area contributed by atoms with Crippen LogP contribution in [0.3, 0.4) is 0 Å². The number of carbonyl (C=O) groups is 1. The van der Waals surface area contributed by atoms with Crippen LogP contribution in [0.5, 0.6) is 0 Å². The Hall–Kier alpha value is -2.85. The van der Waals surface area contributed by atoms with Gasteiger partial charge in [-0.15, -0.1) is 15.3 Å². The van der Waals surface area contributed by atoms with Crippen LogP contribution in [-0.4, -0.2) is 35.7 Å². The second-order valence-electron chi connectivity index (χ2n) is 6.40. The molecular formula is C19H19N7OS2. The largest absolute Gasteiger partial charge is 0.296 e. The zero-order chi connectivity index (χ0) is 20.4. The Morgan fingerprint density at radius 2 is 2.03 bits per heavy atom. The molecule has 0 aliphatic heterocycles. The molecule has 4 aromatic rings. The standard InChI is InChI=1S/C19H19N7OS2/c1-4-15-23-24-18(29-15)21-16(27)14-8-6-5-7-13(14)10-28-19-22-17-20-11(2)9-12(3)26(17)25-19/h5-9H,4,10H2,1-3H3,(H,21,24,27). The van der Waals surface area contributed by atoms with E-state index < -0.39 is 0 Å². The maximum Gasteiger partial charge on any atom is 0.257 e. The van der Waals surface area contributed by atoms with Crippen LogP contribution in [0.4, 0.5) is 5.13 Å². The van der Waals surface area contributed by atoms with E-state index in [2.05, 4.69) is 30.6 Å². The molecule has 1 aromatic carbocycles. The van der Waals surface area contributed by atoms with Crippen LogP contribution < -0.4 is 5.32 Å². The van der Waals surface area contributed by atoms with Crippen molar-refractivity contribution >= 4 is 39.9 Å². The molecule has 0 radical (unpaired) electrons. The van der Waals surface area contributed by atoms with Crippen molar-refractivity contribution in [3.05, 3.63) is 57.9 Å². The van der Waals surface area contributed by atoms with Gasteiger partial charge in [-0.25, -0.2) is 9.50 Å². The van der Waals surface area contributed by atoms with Gasteiger partial charge in [0, 0.05) is 22.7 Å². The monoisotopic (exact) mass is 425 g/mol. The molecular weight excluding hydrogens is 406 g/mol. The van der Waals surface area contributed by atoms with Gasteiger partial charge < -0.3 is 0 Å². The SMILES string of the molecule is CCc1nnc(NC(=O)c2ccccc2CSc2nc3nc(C)cc(C)n3n2)s1. The van der Waals surface area contributed by atoms with Crippen molar-refractivity contribution in [3.63, 3.8) is 0 Å². The lowest BCUT2D eigenvalue weighted by molar-refractivity contribution is 0.102. The number of anilines is 1. The summed E-state index contributed by atoms with van der Waals surface area (Å²) in [4.78, 5) is 21.6. The molecule has 3 heterocycles. The second kappa shape index (κ2) is 8.26. The van der Waals surface area contributed by atoms with Crippen molar-refractivity contribution < 1.29 is 4.79 Å². The number of nitrogens with one attached hydrogen (secondary N) is 1. The molecule has 1 amide bonds. The van der Waals surface area contributed by atoms with E-state index in [4.69, 9.17) is 0 Å². The summed E-state index contributed by atoms with van der Waals surface area (Å²) >= 11 is 2.86. The summed E-state index contributed by atoms with van der Waals surface area (Å²) in [7, 11) is 0. The van der Waals surface area contributed by atoms with E-state index in [1.165, 1.54) is 23.1 Å². The van der Waals surface area contributed by atoms with E-state index in [0.717, 1.165) is 28.4 Å². The molecule has 0 saturated carbocycles. The third kappa shape index (κ3) is 4.28. The molecule has 0 aliphatic rings. The molecule has 0 atom stereocenters. The quantitative estimate of drug-likeness (QED) is 0.470. The summed E-state index contributed by atoms with van der Waals surface area (Å²) in [6.07, 6.45) is 0.792. The smallest absolute Gasteiger partial charge is 0.257 e. The predicted molar refractivity (Wildman–Crippen MR) is 113 cm³/mol. The summed E-state index contributed by atoms with van der Waals surface area (Å²) in [5, 5.41) is 17.4. The number of benzene rings is 1. The number of carbonyl (C=O) groups excluding carboxylic acids is 1. The molecule has 148 valence electrons. The average molecular weight is 426 g/mol. The lowest BCUT2D eigenvalue weighted by atomic mass is 10.1. The topological polar surface area (TPSA) is 98.0 Å². The lowest BCUT2D eigenvalue weighted by Gasteiger charge is -2.07. The third-order valence-electron chi connectivity index (χ3n) is 4.21. The molecule has 0 aliphatic carbocycles. The van der Waals surface area contributed by atoms with Gasteiger partial charge in [0.2, 0.25) is 10.3 Å². The Bertz CT molecular complexity index is 1180. The van der Waals surface area contributed by atoms with E-state index >= 15 is 0 Å².